The van der Waals surface area contributed by atoms with Gasteiger partial charge in [0.2, 0.25) is 5.95 Å². The zero-order valence-electron chi connectivity index (χ0n) is 16.2. The van der Waals surface area contributed by atoms with Crippen molar-refractivity contribution in [3.8, 4) is 28.5 Å². The molecule has 6 heteroatoms. The minimum absolute atomic E-state index is 0.577. The number of methoxy groups -OCH3 is 2. The average Bonchev–Trinajstić information content (AvgIpc) is 3.07. The highest BCUT2D eigenvalue weighted by atomic mass is 16.5. The Morgan fingerprint density at radius 2 is 1.74 bits per heavy atom. The minimum Gasteiger partial charge on any atom is -0.497 e. The predicted molar refractivity (Wildman–Crippen MR) is 107 cm³/mol. The fraction of sp³-hybridized carbons (Fsp3) is 0.286. The molecule has 0 amide bonds. The van der Waals surface area contributed by atoms with E-state index in [-0.39, 0.29) is 0 Å². The molecule has 27 heavy (non-hydrogen) atoms. The van der Waals surface area contributed by atoms with Crippen LogP contribution in [0, 0.1) is 0 Å². The van der Waals surface area contributed by atoms with Crippen molar-refractivity contribution >= 4 is 5.95 Å². The lowest BCUT2D eigenvalue weighted by atomic mass is 10.1. The van der Waals surface area contributed by atoms with Crippen molar-refractivity contribution in [3.05, 3.63) is 54.2 Å². The first-order chi connectivity index (χ1) is 13.2. The molecule has 0 saturated heterocycles. The highest BCUT2D eigenvalue weighted by molar-refractivity contribution is 5.62. The van der Waals surface area contributed by atoms with Crippen LogP contribution in [0.4, 0.5) is 5.95 Å². The number of nitrogens with zero attached hydrogens (tertiary/aromatic N) is 2. The standard InChI is InChI=1S/C21H25N3O3/c1-5-27-17-8-6-15(7-9-17)19-14-23-21(24(19)2)22-13-16-12-18(25-3)10-11-20(16)26-4/h6-12,14H,5,13H2,1-4H3,(H,22,23). The maximum atomic E-state index is 5.50. The first kappa shape index (κ1) is 18.6. The van der Waals surface area contributed by atoms with E-state index in [0.29, 0.717) is 13.2 Å². The van der Waals surface area contributed by atoms with Gasteiger partial charge in [0.25, 0.3) is 0 Å². The number of nitrogens with one attached hydrogen (secondary N) is 1. The van der Waals surface area contributed by atoms with Crippen LogP contribution < -0.4 is 19.5 Å². The molecule has 1 N–H and O–H groups in total. The Labute approximate surface area is 159 Å². The Morgan fingerprint density at radius 3 is 2.41 bits per heavy atom. The summed E-state index contributed by atoms with van der Waals surface area (Å²) in [5, 5.41) is 3.37. The second kappa shape index (κ2) is 8.49. The summed E-state index contributed by atoms with van der Waals surface area (Å²) in [6.07, 6.45) is 1.86. The third kappa shape index (κ3) is 4.16. The lowest BCUT2D eigenvalue weighted by molar-refractivity contribution is 0.340. The SMILES string of the molecule is CCOc1ccc(-c2cnc(NCc3cc(OC)ccc3OC)n2C)cc1. The fourth-order valence-electron chi connectivity index (χ4n) is 2.92. The highest BCUT2D eigenvalue weighted by Gasteiger charge is 2.10. The number of hydrogen-bond donors (Lipinski definition) is 1. The number of rotatable bonds is 8. The van der Waals surface area contributed by atoms with Gasteiger partial charge >= 0.3 is 0 Å². The summed E-state index contributed by atoms with van der Waals surface area (Å²) < 4.78 is 18.3. The summed E-state index contributed by atoms with van der Waals surface area (Å²) in [4.78, 5) is 4.51. The Kier molecular flexibility index (Phi) is 5.86. The van der Waals surface area contributed by atoms with Crippen LogP contribution in [0.5, 0.6) is 17.2 Å². The van der Waals surface area contributed by atoms with Crippen molar-refractivity contribution in [2.45, 2.75) is 13.5 Å². The van der Waals surface area contributed by atoms with Crippen LogP contribution in [-0.2, 0) is 13.6 Å². The lowest BCUT2D eigenvalue weighted by Gasteiger charge is -2.12. The molecule has 0 spiro atoms. The number of benzene rings is 2. The Balaban J connectivity index is 1.76. The maximum absolute atomic E-state index is 5.50. The van der Waals surface area contributed by atoms with Crippen LogP contribution in [-0.4, -0.2) is 30.4 Å². The second-order valence-corrected chi connectivity index (χ2v) is 6.01. The summed E-state index contributed by atoms with van der Waals surface area (Å²) in [6, 6.07) is 13.8. The molecule has 0 atom stereocenters. The van der Waals surface area contributed by atoms with Crippen molar-refractivity contribution in [2.24, 2.45) is 7.05 Å². The molecule has 0 aliphatic carbocycles. The number of imidazole rings is 1. The van der Waals surface area contributed by atoms with E-state index < -0.39 is 0 Å². The van der Waals surface area contributed by atoms with E-state index in [2.05, 4.69) is 10.3 Å². The van der Waals surface area contributed by atoms with E-state index in [1.165, 1.54) is 0 Å². The monoisotopic (exact) mass is 367 g/mol. The van der Waals surface area contributed by atoms with Crippen LogP contribution in [0.1, 0.15) is 12.5 Å². The number of anilines is 1. The number of ether oxygens (including phenoxy) is 3. The smallest absolute Gasteiger partial charge is 0.203 e. The van der Waals surface area contributed by atoms with Crippen LogP contribution >= 0.6 is 0 Å². The van der Waals surface area contributed by atoms with E-state index in [4.69, 9.17) is 14.2 Å². The Morgan fingerprint density at radius 1 is 1.00 bits per heavy atom. The third-order valence-electron chi connectivity index (χ3n) is 4.37. The van der Waals surface area contributed by atoms with E-state index in [0.717, 1.165) is 40.0 Å². The summed E-state index contributed by atoms with van der Waals surface area (Å²) in [5.41, 5.74) is 3.11. The van der Waals surface area contributed by atoms with Crippen molar-refractivity contribution in [1.29, 1.82) is 0 Å². The quantitative estimate of drug-likeness (QED) is 0.649. The number of hydrogen-bond acceptors (Lipinski definition) is 5. The van der Waals surface area contributed by atoms with Crippen molar-refractivity contribution in [3.63, 3.8) is 0 Å². The van der Waals surface area contributed by atoms with Gasteiger partial charge < -0.3 is 24.1 Å². The first-order valence-corrected chi connectivity index (χ1v) is 8.86. The average molecular weight is 367 g/mol. The molecule has 6 nitrogen and oxygen atoms in total. The fourth-order valence-corrected chi connectivity index (χ4v) is 2.92. The van der Waals surface area contributed by atoms with Crippen molar-refractivity contribution < 1.29 is 14.2 Å². The van der Waals surface area contributed by atoms with Gasteiger partial charge in [-0.1, -0.05) is 0 Å². The molecule has 0 fully saturated rings. The molecular formula is C21H25N3O3. The molecular weight excluding hydrogens is 342 g/mol. The van der Waals surface area contributed by atoms with Gasteiger partial charge in [0, 0.05) is 24.7 Å². The minimum atomic E-state index is 0.577. The zero-order valence-corrected chi connectivity index (χ0v) is 16.2. The van der Waals surface area contributed by atoms with E-state index in [1.807, 2.05) is 67.2 Å². The van der Waals surface area contributed by atoms with E-state index >= 15 is 0 Å². The van der Waals surface area contributed by atoms with Gasteiger partial charge in [-0.25, -0.2) is 4.98 Å². The normalized spacial score (nSPS) is 10.5. The zero-order chi connectivity index (χ0) is 19.2. The van der Waals surface area contributed by atoms with Gasteiger partial charge in [-0.3, -0.25) is 0 Å². The third-order valence-corrected chi connectivity index (χ3v) is 4.37. The lowest BCUT2D eigenvalue weighted by Crippen LogP contribution is -2.07. The molecule has 0 aliphatic heterocycles. The second-order valence-electron chi connectivity index (χ2n) is 6.01. The molecule has 3 rings (SSSR count). The summed E-state index contributed by atoms with van der Waals surface area (Å²) in [7, 11) is 5.31. The van der Waals surface area contributed by atoms with Crippen LogP contribution in [0.25, 0.3) is 11.3 Å². The van der Waals surface area contributed by atoms with E-state index in [1.54, 1.807) is 14.2 Å². The van der Waals surface area contributed by atoms with Gasteiger partial charge in [0.05, 0.1) is 32.7 Å². The van der Waals surface area contributed by atoms with Crippen LogP contribution in [0.3, 0.4) is 0 Å². The molecule has 0 aliphatic rings. The molecule has 0 radical (unpaired) electrons. The van der Waals surface area contributed by atoms with Gasteiger partial charge in [0.15, 0.2) is 0 Å². The molecule has 0 unspecified atom stereocenters. The van der Waals surface area contributed by atoms with Gasteiger partial charge in [0.1, 0.15) is 17.2 Å². The number of aromatic nitrogens is 2. The summed E-state index contributed by atoms with van der Waals surface area (Å²) in [5.74, 6) is 3.25. The Bertz CT molecular complexity index is 888. The van der Waals surface area contributed by atoms with Gasteiger partial charge in [-0.2, -0.15) is 0 Å². The molecule has 3 aromatic rings. The first-order valence-electron chi connectivity index (χ1n) is 8.86. The molecule has 0 saturated carbocycles. The highest BCUT2D eigenvalue weighted by Crippen LogP contribution is 2.27. The van der Waals surface area contributed by atoms with Gasteiger partial charge in [-0.15, -0.1) is 0 Å². The molecule has 2 aromatic carbocycles. The maximum Gasteiger partial charge on any atom is 0.203 e. The summed E-state index contributed by atoms with van der Waals surface area (Å²) >= 11 is 0. The molecule has 142 valence electrons. The Hall–Kier alpha value is -3.15. The molecule has 0 bridgehead atoms. The van der Waals surface area contributed by atoms with Crippen molar-refractivity contribution in [1.82, 2.24) is 9.55 Å². The van der Waals surface area contributed by atoms with Crippen molar-refractivity contribution in [2.75, 3.05) is 26.1 Å². The van der Waals surface area contributed by atoms with Gasteiger partial charge in [-0.05, 0) is 49.4 Å². The predicted octanol–water partition coefficient (Wildman–Crippen LogP) is 4.12. The van der Waals surface area contributed by atoms with E-state index in [9.17, 15) is 0 Å². The topological polar surface area (TPSA) is 57.5 Å². The molecule has 1 heterocycles. The van der Waals surface area contributed by atoms with Crippen LogP contribution in [0.2, 0.25) is 0 Å². The largest absolute Gasteiger partial charge is 0.497 e. The van der Waals surface area contributed by atoms with Crippen LogP contribution in [0.15, 0.2) is 48.7 Å². The molecule has 1 aromatic heterocycles. The summed E-state index contributed by atoms with van der Waals surface area (Å²) in [6.45, 7) is 3.21.